The Morgan fingerprint density at radius 3 is 2.36 bits per heavy atom. The number of nitriles is 2. The Hall–Kier alpha value is -1.06. The van der Waals surface area contributed by atoms with Crippen molar-refractivity contribution >= 4 is 0 Å². The van der Waals surface area contributed by atoms with Crippen LogP contribution in [-0.2, 0) is 0 Å². The van der Waals surface area contributed by atoms with E-state index in [-0.39, 0.29) is 5.41 Å². The van der Waals surface area contributed by atoms with Crippen molar-refractivity contribution in [2.45, 2.75) is 33.1 Å². The predicted molar refractivity (Wildman–Crippen MR) is 56.4 cm³/mol. The van der Waals surface area contributed by atoms with E-state index in [0.717, 1.165) is 25.9 Å². The maximum absolute atomic E-state index is 8.79. The van der Waals surface area contributed by atoms with Crippen molar-refractivity contribution in [1.29, 1.82) is 10.5 Å². The molecule has 0 aromatic carbocycles. The molecule has 3 nitrogen and oxygen atoms in total. The number of hydrogen-bond acceptors (Lipinski definition) is 3. The smallest absolute Gasteiger partial charge is 0.0683 e. The summed E-state index contributed by atoms with van der Waals surface area (Å²) < 4.78 is 0. The Bertz CT molecular complexity index is 232. The minimum Gasteiger partial charge on any atom is -0.305 e. The molecular weight excluding hydrogens is 174 g/mol. The van der Waals surface area contributed by atoms with E-state index in [2.05, 4.69) is 17.0 Å². The normalized spacial score (nSPS) is 11.0. The molecule has 0 N–H and O–H groups in total. The lowest BCUT2D eigenvalue weighted by Gasteiger charge is -2.18. The van der Waals surface area contributed by atoms with Crippen LogP contribution in [0, 0.1) is 28.1 Å². The second-order valence-corrected chi connectivity index (χ2v) is 4.31. The number of hydrogen-bond donors (Lipinski definition) is 0. The van der Waals surface area contributed by atoms with Gasteiger partial charge in [-0.1, -0.05) is 0 Å². The summed E-state index contributed by atoms with van der Waals surface area (Å²) in [7, 11) is 2.01. The third kappa shape index (κ3) is 6.46. The topological polar surface area (TPSA) is 50.8 Å². The summed E-state index contributed by atoms with van der Waals surface area (Å²) in [5, 5.41) is 17.2. The molecule has 0 spiro atoms. The minimum atomic E-state index is -0.212. The van der Waals surface area contributed by atoms with Gasteiger partial charge in [-0.2, -0.15) is 10.5 Å². The van der Waals surface area contributed by atoms with E-state index in [0.29, 0.717) is 6.42 Å². The fourth-order valence-corrected chi connectivity index (χ4v) is 1.20. The molecule has 0 bridgehead atoms. The third-order valence-corrected chi connectivity index (χ3v) is 2.25. The van der Waals surface area contributed by atoms with Gasteiger partial charge in [-0.15, -0.1) is 0 Å². The summed E-state index contributed by atoms with van der Waals surface area (Å²) >= 11 is 0. The van der Waals surface area contributed by atoms with E-state index in [9.17, 15) is 0 Å². The maximum atomic E-state index is 8.79. The molecular formula is C11H19N3. The van der Waals surface area contributed by atoms with Crippen molar-refractivity contribution in [3.8, 4) is 12.1 Å². The van der Waals surface area contributed by atoms with Crippen LogP contribution < -0.4 is 0 Å². The molecule has 0 aromatic rings. The van der Waals surface area contributed by atoms with E-state index < -0.39 is 0 Å². The first-order valence-corrected chi connectivity index (χ1v) is 4.98. The van der Waals surface area contributed by atoms with Crippen LogP contribution in [0.4, 0.5) is 0 Å². The van der Waals surface area contributed by atoms with Crippen molar-refractivity contribution in [2.75, 3.05) is 20.1 Å². The second-order valence-electron chi connectivity index (χ2n) is 4.31. The zero-order valence-electron chi connectivity index (χ0n) is 9.38. The van der Waals surface area contributed by atoms with Gasteiger partial charge in [0.15, 0.2) is 0 Å². The van der Waals surface area contributed by atoms with Crippen LogP contribution in [0.5, 0.6) is 0 Å². The van der Waals surface area contributed by atoms with Crippen LogP contribution >= 0.6 is 0 Å². The van der Waals surface area contributed by atoms with Crippen LogP contribution in [0.25, 0.3) is 0 Å². The van der Waals surface area contributed by atoms with Gasteiger partial charge in [0.05, 0.1) is 17.6 Å². The van der Waals surface area contributed by atoms with Crippen molar-refractivity contribution in [3.05, 3.63) is 0 Å². The lowest BCUT2D eigenvalue weighted by molar-refractivity contribution is 0.309. The highest BCUT2D eigenvalue weighted by Crippen LogP contribution is 2.20. The molecule has 78 valence electrons. The summed E-state index contributed by atoms with van der Waals surface area (Å²) in [5.41, 5.74) is -0.212. The van der Waals surface area contributed by atoms with Gasteiger partial charge in [-0.05, 0) is 40.3 Å². The Morgan fingerprint density at radius 2 is 1.86 bits per heavy atom. The average Bonchev–Trinajstić information content (AvgIpc) is 2.14. The van der Waals surface area contributed by atoms with Gasteiger partial charge < -0.3 is 4.90 Å². The number of nitrogens with zero attached hydrogens (tertiary/aromatic N) is 3. The third-order valence-electron chi connectivity index (χ3n) is 2.25. The summed E-state index contributed by atoms with van der Waals surface area (Å²) in [6.07, 6.45) is 2.51. The van der Waals surface area contributed by atoms with Crippen LogP contribution in [-0.4, -0.2) is 25.0 Å². The van der Waals surface area contributed by atoms with E-state index in [1.54, 1.807) is 0 Å². The minimum absolute atomic E-state index is 0.212. The molecule has 0 rings (SSSR count). The summed E-state index contributed by atoms with van der Waals surface area (Å²) in [4.78, 5) is 2.14. The largest absolute Gasteiger partial charge is 0.305 e. The van der Waals surface area contributed by atoms with Gasteiger partial charge in [-0.3, -0.25) is 0 Å². The van der Waals surface area contributed by atoms with Crippen molar-refractivity contribution in [3.63, 3.8) is 0 Å². The van der Waals surface area contributed by atoms with E-state index in [1.807, 2.05) is 20.9 Å². The molecule has 0 aliphatic heterocycles. The van der Waals surface area contributed by atoms with Crippen LogP contribution in [0.2, 0.25) is 0 Å². The summed E-state index contributed by atoms with van der Waals surface area (Å²) in [6, 6.07) is 4.41. The van der Waals surface area contributed by atoms with Crippen LogP contribution in [0.1, 0.15) is 33.1 Å². The molecule has 14 heavy (non-hydrogen) atoms. The lowest BCUT2D eigenvalue weighted by Crippen LogP contribution is -2.22. The van der Waals surface area contributed by atoms with Crippen LogP contribution in [0.3, 0.4) is 0 Å². The Labute approximate surface area is 86.9 Å². The molecule has 0 heterocycles. The monoisotopic (exact) mass is 193 g/mol. The molecule has 3 heteroatoms. The highest BCUT2D eigenvalue weighted by Gasteiger charge is 2.15. The first-order valence-electron chi connectivity index (χ1n) is 4.98. The van der Waals surface area contributed by atoms with Crippen molar-refractivity contribution in [1.82, 2.24) is 4.90 Å². The zero-order chi connectivity index (χ0) is 11.0. The maximum Gasteiger partial charge on any atom is 0.0683 e. The van der Waals surface area contributed by atoms with Gasteiger partial charge in [0, 0.05) is 13.0 Å². The quantitative estimate of drug-likeness (QED) is 0.649. The highest BCUT2D eigenvalue weighted by atomic mass is 15.1. The van der Waals surface area contributed by atoms with E-state index in [4.69, 9.17) is 10.5 Å². The molecule has 0 fully saturated rings. The molecule has 0 saturated carbocycles. The van der Waals surface area contributed by atoms with E-state index in [1.165, 1.54) is 0 Å². The first kappa shape index (κ1) is 12.9. The van der Waals surface area contributed by atoms with Gasteiger partial charge >= 0.3 is 0 Å². The Morgan fingerprint density at radius 1 is 1.21 bits per heavy atom. The predicted octanol–water partition coefficient (Wildman–Crippen LogP) is 2.16. The molecule has 0 saturated heterocycles. The summed E-state index contributed by atoms with van der Waals surface area (Å²) in [6.45, 7) is 5.71. The molecule has 0 aliphatic carbocycles. The Kier molecular flexibility index (Phi) is 5.92. The lowest BCUT2D eigenvalue weighted by atomic mass is 9.90. The van der Waals surface area contributed by atoms with Crippen LogP contribution in [0.15, 0.2) is 0 Å². The SMILES string of the molecule is CN(CCC#N)CCCC(C)(C)C#N. The van der Waals surface area contributed by atoms with Gasteiger partial charge in [0.25, 0.3) is 0 Å². The number of rotatable bonds is 6. The zero-order valence-corrected chi connectivity index (χ0v) is 9.38. The Balaban J connectivity index is 3.56. The molecule has 0 aliphatic rings. The van der Waals surface area contributed by atoms with Gasteiger partial charge in [0.1, 0.15) is 0 Å². The average molecular weight is 193 g/mol. The fourth-order valence-electron chi connectivity index (χ4n) is 1.20. The molecule has 0 aromatic heterocycles. The fraction of sp³-hybridized carbons (Fsp3) is 0.818. The molecule has 0 amide bonds. The summed E-state index contributed by atoms with van der Waals surface area (Å²) in [5.74, 6) is 0. The molecule has 0 unspecified atom stereocenters. The van der Waals surface area contributed by atoms with Crippen molar-refractivity contribution in [2.24, 2.45) is 5.41 Å². The molecule has 0 atom stereocenters. The van der Waals surface area contributed by atoms with Gasteiger partial charge in [0.2, 0.25) is 0 Å². The van der Waals surface area contributed by atoms with Gasteiger partial charge in [-0.25, -0.2) is 0 Å². The first-order chi connectivity index (χ1) is 6.52. The molecule has 0 radical (unpaired) electrons. The van der Waals surface area contributed by atoms with E-state index >= 15 is 0 Å². The standard InChI is InChI=1S/C11H19N3/c1-11(2,10-13)6-4-8-14(3)9-5-7-12/h4-6,8-9H2,1-3H3. The second kappa shape index (κ2) is 6.40. The van der Waals surface area contributed by atoms with Crippen molar-refractivity contribution < 1.29 is 0 Å². The highest BCUT2D eigenvalue weighted by molar-refractivity contribution is 4.91.